The molecule has 5 nitrogen and oxygen atoms in total. The Morgan fingerprint density at radius 1 is 1.19 bits per heavy atom. The third-order valence-corrected chi connectivity index (χ3v) is 5.08. The highest BCUT2D eigenvalue weighted by atomic mass is 32.2. The molecule has 0 bridgehead atoms. The van der Waals surface area contributed by atoms with Gasteiger partial charge >= 0.3 is 0 Å². The smallest absolute Gasteiger partial charge is 0.236 e. The summed E-state index contributed by atoms with van der Waals surface area (Å²) in [6, 6.07) is 16.9. The normalized spacial score (nSPS) is 16.0. The molecule has 2 aromatic carbocycles. The van der Waals surface area contributed by atoms with Crippen LogP contribution in [0, 0.1) is 6.92 Å². The van der Waals surface area contributed by atoms with E-state index in [1.165, 1.54) is 28.3 Å². The molecule has 0 atom stereocenters. The second kappa shape index (κ2) is 7.17. The molecule has 6 heteroatoms. The fraction of sp³-hybridized carbons (Fsp3) is 0.150. The topological polar surface area (TPSA) is 58.8 Å². The number of carbonyl (C=O) groups excluding carboxylic acids is 1. The Morgan fingerprint density at radius 3 is 2.81 bits per heavy atom. The van der Waals surface area contributed by atoms with Crippen LogP contribution < -0.4 is 5.32 Å². The maximum atomic E-state index is 11.1. The fourth-order valence-electron chi connectivity index (χ4n) is 2.84. The van der Waals surface area contributed by atoms with Crippen LogP contribution in [-0.4, -0.2) is 27.6 Å². The van der Waals surface area contributed by atoms with Crippen LogP contribution in [0.1, 0.15) is 16.7 Å². The molecular formula is C20H18N4OS. The number of rotatable bonds is 4. The zero-order valence-corrected chi connectivity index (χ0v) is 15.2. The van der Waals surface area contributed by atoms with Crippen molar-refractivity contribution in [3.8, 4) is 0 Å². The molecule has 0 saturated carbocycles. The molecule has 3 aromatic rings. The van der Waals surface area contributed by atoms with Crippen LogP contribution in [0.25, 0.3) is 10.9 Å². The molecule has 130 valence electrons. The van der Waals surface area contributed by atoms with Gasteiger partial charge in [0, 0.05) is 18.3 Å². The summed E-state index contributed by atoms with van der Waals surface area (Å²) in [4.78, 5) is 11.1. The van der Waals surface area contributed by atoms with E-state index < -0.39 is 0 Å². The molecule has 0 radical (unpaired) electrons. The lowest BCUT2D eigenvalue weighted by atomic mass is 10.1. The van der Waals surface area contributed by atoms with Gasteiger partial charge in [-0.15, -0.1) is 5.10 Å². The van der Waals surface area contributed by atoms with Crippen molar-refractivity contribution in [2.45, 2.75) is 13.5 Å². The predicted octanol–water partition coefficient (Wildman–Crippen LogP) is 3.55. The SMILES string of the molecule is Cc1ccc(Cn2ccc3ccc(C=NN=C4NC(=O)CS4)cc32)cc1. The van der Waals surface area contributed by atoms with Crippen molar-refractivity contribution >= 4 is 40.0 Å². The number of hydrogen-bond donors (Lipinski definition) is 1. The minimum atomic E-state index is -0.0284. The average molecular weight is 362 g/mol. The van der Waals surface area contributed by atoms with Crippen LogP contribution in [0.3, 0.4) is 0 Å². The minimum Gasteiger partial charge on any atom is -0.343 e. The molecule has 0 spiro atoms. The van der Waals surface area contributed by atoms with Gasteiger partial charge in [-0.05, 0) is 35.6 Å². The number of carbonyl (C=O) groups is 1. The molecule has 26 heavy (non-hydrogen) atoms. The zero-order chi connectivity index (χ0) is 17.9. The Hall–Kier alpha value is -2.86. The zero-order valence-electron chi connectivity index (χ0n) is 14.3. The van der Waals surface area contributed by atoms with E-state index in [0.717, 1.165) is 17.6 Å². The van der Waals surface area contributed by atoms with Crippen LogP contribution in [-0.2, 0) is 11.3 Å². The molecule has 1 amide bonds. The summed E-state index contributed by atoms with van der Waals surface area (Å²) in [5, 5.41) is 12.5. The molecule has 0 aliphatic carbocycles. The molecule has 1 aliphatic heterocycles. The second-order valence-electron chi connectivity index (χ2n) is 6.23. The van der Waals surface area contributed by atoms with Crippen molar-refractivity contribution in [1.29, 1.82) is 0 Å². The quantitative estimate of drug-likeness (QED) is 0.570. The number of nitrogens with zero attached hydrogens (tertiary/aromatic N) is 3. The van der Waals surface area contributed by atoms with E-state index in [2.05, 4.69) is 75.7 Å². The molecule has 1 aromatic heterocycles. The number of amides is 1. The third kappa shape index (κ3) is 3.70. The van der Waals surface area contributed by atoms with Crippen molar-refractivity contribution in [2.24, 2.45) is 10.2 Å². The molecule has 2 heterocycles. The Bertz CT molecular complexity index is 1020. The first-order chi connectivity index (χ1) is 12.7. The first-order valence-electron chi connectivity index (χ1n) is 8.35. The summed E-state index contributed by atoms with van der Waals surface area (Å²) >= 11 is 1.37. The number of aryl methyl sites for hydroxylation is 1. The van der Waals surface area contributed by atoms with Gasteiger partial charge in [0.05, 0.1) is 12.0 Å². The van der Waals surface area contributed by atoms with E-state index in [4.69, 9.17) is 0 Å². The van der Waals surface area contributed by atoms with Crippen molar-refractivity contribution in [3.05, 3.63) is 71.4 Å². The molecule has 1 N–H and O–H groups in total. The van der Waals surface area contributed by atoms with Crippen LogP contribution in [0.2, 0.25) is 0 Å². The molecular weight excluding hydrogens is 344 g/mol. The molecule has 1 saturated heterocycles. The average Bonchev–Trinajstić information content (AvgIpc) is 3.23. The van der Waals surface area contributed by atoms with E-state index in [9.17, 15) is 4.79 Å². The van der Waals surface area contributed by atoms with Gasteiger partial charge in [0.1, 0.15) is 0 Å². The predicted molar refractivity (Wildman–Crippen MR) is 108 cm³/mol. The number of fused-ring (bicyclic) bond motifs is 1. The highest BCUT2D eigenvalue weighted by Crippen LogP contribution is 2.19. The van der Waals surface area contributed by atoms with E-state index in [0.29, 0.717) is 10.9 Å². The van der Waals surface area contributed by atoms with Gasteiger partial charge in [0.2, 0.25) is 5.91 Å². The summed E-state index contributed by atoms with van der Waals surface area (Å²) in [5.74, 6) is 0.381. The van der Waals surface area contributed by atoms with E-state index >= 15 is 0 Å². The van der Waals surface area contributed by atoms with Gasteiger partial charge in [-0.3, -0.25) is 4.79 Å². The molecule has 4 rings (SSSR count). The minimum absolute atomic E-state index is 0.0284. The Labute approximate surface area is 155 Å². The summed E-state index contributed by atoms with van der Waals surface area (Å²) < 4.78 is 2.23. The number of benzene rings is 2. The monoisotopic (exact) mass is 362 g/mol. The first kappa shape index (κ1) is 16.6. The number of aromatic nitrogens is 1. The maximum Gasteiger partial charge on any atom is 0.236 e. The van der Waals surface area contributed by atoms with Crippen LogP contribution in [0.5, 0.6) is 0 Å². The summed E-state index contributed by atoms with van der Waals surface area (Å²) in [7, 11) is 0. The largest absolute Gasteiger partial charge is 0.343 e. The van der Waals surface area contributed by atoms with Gasteiger partial charge in [0.25, 0.3) is 0 Å². The Kier molecular flexibility index (Phi) is 4.58. The maximum absolute atomic E-state index is 11.1. The van der Waals surface area contributed by atoms with E-state index in [-0.39, 0.29) is 5.91 Å². The molecule has 1 aliphatic rings. The summed E-state index contributed by atoms with van der Waals surface area (Å²) in [6.07, 6.45) is 3.82. The van der Waals surface area contributed by atoms with Gasteiger partial charge in [-0.25, -0.2) is 0 Å². The Balaban J connectivity index is 1.56. The van der Waals surface area contributed by atoms with Gasteiger partial charge in [-0.2, -0.15) is 5.10 Å². The van der Waals surface area contributed by atoms with Crippen molar-refractivity contribution < 1.29 is 4.79 Å². The van der Waals surface area contributed by atoms with Gasteiger partial charge < -0.3 is 9.88 Å². The number of thioether (sulfide) groups is 1. The van der Waals surface area contributed by atoms with Gasteiger partial charge in [-0.1, -0.05) is 53.7 Å². The van der Waals surface area contributed by atoms with Crippen molar-refractivity contribution in [2.75, 3.05) is 5.75 Å². The van der Waals surface area contributed by atoms with Crippen molar-refractivity contribution in [1.82, 2.24) is 9.88 Å². The third-order valence-electron chi connectivity index (χ3n) is 4.21. The van der Waals surface area contributed by atoms with E-state index in [1.54, 1.807) is 6.21 Å². The summed E-state index contributed by atoms with van der Waals surface area (Å²) in [6.45, 7) is 2.93. The fourth-order valence-corrected chi connectivity index (χ4v) is 3.47. The molecule has 0 unspecified atom stereocenters. The van der Waals surface area contributed by atoms with Crippen LogP contribution in [0.15, 0.2) is 64.9 Å². The van der Waals surface area contributed by atoms with Crippen LogP contribution in [0.4, 0.5) is 0 Å². The lowest BCUT2D eigenvalue weighted by molar-refractivity contribution is -0.116. The standard InChI is InChI=1S/C20H18N4OS/c1-14-2-4-15(5-3-14)12-24-9-8-17-7-6-16(10-18(17)24)11-21-23-20-22-19(25)13-26-20/h2-11H,12-13H2,1H3,(H,22,23,25). The second-order valence-corrected chi connectivity index (χ2v) is 7.20. The highest BCUT2D eigenvalue weighted by Gasteiger charge is 2.15. The molecule has 1 fully saturated rings. The van der Waals surface area contributed by atoms with Crippen molar-refractivity contribution in [3.63, 3.8) is 0 Å². The Morgan fingerprint density at radius 2 is 2.04 bits per heavy atom. The van der Waals surface area contributed by atoms with Gasteiger partial charge in [0.15, 0.2) is 5.17 Å². The van der Waals surface area contributed by atoms with Crippen LogP contribution >= 0.6 is 11.8 Å². The number of hydrogen-bond acceptors (Lipinski definition) is 4. The lowest BCUT2D eigenvalue weighted by Crippen LogP contribution is -2.19. The van der Waals surface area contributed by atoms with E-state index in [1.807, 2.05) is 6.07 Å². The highest BCUT2D eigenvalue weighted by molar-refractivity contribution is 8.15. The lowest BCUT2D eigenvalue weighted by Gasteiger charge is -2.07. The number of nitrogens with one attached hydrogen (secondary N) is 1. The summed E-state index contributed by atoms with van der Waals surface area (Å²) in [5.41, 5.74) is 4.67. The first-order valence-corrected chi connectivity index (χ1v) is 9.34. The number of amidine groups is 1.